The van der Waals surface area contributed by atoms with E-state index in [-0.39, 0.29) is 6.52 Å². The van der Waals surface area contributed by atoms with E-state index in [4.69, 9.17) is 14.6 Å². The van der Waals surface area contributed by atoms with Crippen molar-refractivity contribution >= 4 is 8.80 Å². The first-order valence-electron chi connectivity index (χ1n) is 5.98. The molecule has 0 aliphatic carbocycles. The van der Waals surface area contributed by atoms with Gasteiger partial charge in [-0.3, -0.25) is 0 Å². The Kier molecular flexibility index (Phi) is 7.21. The first kappa shape index (κ1) is 13.1. The van der Waals surface area contributed by atoms with E-state index in [0.717, 1.165) is 13.1 Å². The summed E-state index contributed by atoms with van der Waals surface area (Å²) in [6.07, 6.45) is 0.712. The molecule has 5 heteroatoms. The van der Waals surface area contributed by atoms with Gasteiger partial charge in [-0.25, -0.2) is 0 Å². The Morgan fingerprint density at radius 3 is 1.87 bits per heavy atom. The summed E-state index contributed by atoms with van der Waals surface area (Å²) >= 11 is 0. The normalized spacial score (nSPS) is 15.5. The van der Waals surface area contributed by atoms with Gasteiger partial charge in [-0.2, -0.15) is 0 Å². The SMILES string of the molecule is [2H]C(CC[Si](OC)(OC)OC)N(CC)CC. The molecular weight excluding hydrogens is 210 g/mol. The molecule has 0 rings (SSSR count). The Balaban J connectivity index is 4.19. The molecule has 0 aliphatic rings. The predicted molar refractivity (Wildman–Crippen MR) is 64.0 cm³/mol. The highest BCUT2D eigenvalue weighted by Gasteiger charge is 2.36. The molecule has 0 heterocycles. The maximum atomic E-state index is 8.02. The monoisotopic (exact) mass is 236 g/mol. The van der Waals surface area contributed by atoms with Crippen LogP contribution in [0.5, 0.6) is 0 Å². The largest absolute Gasteiger partial charge is 0.500 e. The highest BCUT2D eigenvalue weighted by Crippen LogP contribution is 2.15. The minimum absolute atomic E-state index is 0.206. The maximum absolute atomic E-state index is 8.02. The Morgan fingerprint density at radius 2 is 1.53 bits per heavy atom. The van der Waals surface area contributed by atoms with Gasteiger partial charge in [-0.1, -0.05) is 13.8 Å². The van der Waals surface area contributed by atoms with Crippen LogP contribution in [0.4, 0.5) is 0 Å². The fourth-order valence-electron chi connectivity index (χ4n) is 1.46. The molecule has 0 aromatic rings. The second-order valence-electron chi connectivity index (χ2n) is 3.24. The lowest BCUT2D eigenvalue weighted by molar-refractivity contribution is 0.121. The summed E-state index contributed by atoms with van der Waals surface area (Å²) in [6.45, 7) is 5.72. The van der Waals surface area contributed by atoms with Gasteiger partial charge in [0.2, 0.25) is 0 Å². The molecule has 15 heavy (non-hydrogen) atoms. The van der Waals surface area contributed by atoms with Gasteiger partial charge in [-0.15, -0.1) is 0 Å². The number of nitrogens with zero attached hydrogens (tertiary/aromatic N) is 1. The van der Waals surface area contributed by atoms with E-state index in [2.05, 4.69) is 18.7 Å². The van der Waals surface area contributed by atoms with Crippen molar-refractivity contribution in [2.75, 3.05) is 40.9 Å². The molecular formula is C10H25NO3Si. The van der Waals surface area contributed by atoms with Crippen LogP contribution >= 0.6 is 0 Å². The zero-order chi connectivity index (χ0) is 12.6. The number of hydrogen-bond acceptors (Lipinski definition) is 4. The van der Waals surface area contributed by atoms with Gasteiger partial charge in [0.1, 0.15) is 0 Å². The lowest BCUT2D eigenvalue weighted by atomic mass is 10.4. The molecule has 0 aromatic heterocycles. The molecule has 1 unspecified atom stereocenters. The van der Waals surface area contributed by atoms with Gasteiger partial charge >= 0.3 is 8.80 Å². The average Bonchev–Trinajstić information content (AvgIpc) is 2.33. The summed E-state index contributed by atoms with van der Waals surface area (Å²) in [6, 6.07) is 0.682. The summed E-state index contributed by atoms with van der Waals surface area (Å²) in [5.74, 6) is 0. The Morgan fingerprint density at radius 1 is 1.07 bits per heavy atom. The Bertz CT molecular complexity index is 169. The second kappa shape index (κ2) is 8.24. The van der Waals surface area contributed by atoms with Gasteiger partial charge < -0.3 is 18.2 Å². The van der Waals surface area contributed by atoms with Crippen molar-refractivity contribution in [3.8, 4) is 0 Å². The van der Waals surface area contributed by atoms with E-state index in [1.54, 1.807) is 21.3 Å². The molecule has 4 nitrogen and oxygen atoms in total. The van der Waals surface area contributed by atoms with Gasteiger partial charge in [0, 0.05) is 28.7 Å². The first-order valence-corrected chi connectivity index (χ1v) is 7.34. The van der Waals surface area contributed by atoms with Crippen molar-refractivity contribution in [2.45, 2.75) is 26.3 Å². The minimum Gasteiger partial charge on any atom is -0.377 e. The maximum Gasteiger partial charge on any atom is 0.500 e. The zero-order valence-corrected chi connectivity index (χ0v) is 11.6. The third kappa shape index (κ3) is 5.08. The summed E-state index contributed by atoms with van der Waals surface area (Å²) < 4.78 is 24.0. The van der Waals surface area contributed by atoms with Crippen molar-refractivity contribution in [3.05, 3.63) is 0 Å². The third-order valence-corrected chi connectivity index (χ3v) is 5.35. The predicted octanol–water partition coefficient (Wildman–Crippen LogP) is 1.60. The van der Waals surface area contributed by atoms with E-state index in [1.165, 1.54) is 0 Å². The van der Waals surface area contributed by atoms with Crippen molar-refractivity contribution in [3.63, 3.8) is 0 Å². The Labute approximate surface area is 96.3 Å². The van der Waals surface area contributed by atoms with Crippen LogP contribution < -0.4 is 0 Å². The standard InChI is InChI=1S/C10H25NO3Si/c1-6-11(7-2)9-8-10-15(12-3,13-4)14-5/h6-10H2,1-5H3/i9D. The molecule has 0 saturated heterocycles. The van der Waals surface area contributed by atoms with Crippen molar-refractivity contribution < 1.29 is 14.6 Å². The molecule has 0 amide bonds. The molecule has 92 valence electrons. The highest BCUT2D eigenvalue weighted by atomic mass is 28.4. The smallest absolute Gasteiger partial charge is 0.377 e. The average molecular weight is 236 g/mol. The minimum atomic E-state index is -2.50. The molecule has 0 aromatic carbocycles. The quantitative estimate of drug-likeness (QED) is 0.569. The van der Waals surface area contributed by atoms with E-state index in [0.29, 0.717) is 12.5 Å². The van der Waals surface area contributed by atoms with Crippen LogP contribution in [0.1, 0.15) is 21.6 Å². The van der Waals surface area contributed by atoms with Crippen LogP contribution in [0.25, 0.3) is 0 Å². The number of hydrogen-bond donors (Lipinski definition) is 0. The van der Waals surface area contributed by atoms with Crippen LogP contribution in [0.15, 0.2) is 0 Å². The van der Waals surface area contributed by atoms with Crippen molar-refractivity contribution in [1.29, 1.82) is 0 Å². The van der Waals surface area contributed by atoms with Crippen LogP contribution in [-0.4, -0.2) is 54.6 Å². The van der Waals surface area contributed by atoms with Crippen LogP contribution in [-0.2, 0) is 13.3 Å². The molecule has 0 spiro atoms. The summed E-state index contributed by atoms with van der Waals surface area (Å²) in [5.41, 5.74) is 0. The second-order valence-corrected chi connectivity index (χ2v) is 6.33. The van der Waals surface area contributed by atoms with E-state index in [1.807, 2.05) is 0 Å². The van der Waals surface area contributed by atoms with Gasteiger partial charge in [-0.05, 0) is 26.0 Å². The fourth-order valence-corrected chi connectivity index (χ4v) is 3.06. The molecule has 0 aliphatic heterocycles. The molecule has 0 saturated carbocycles. The van der Waals surface area contributed by atoms with Crippen LogP contribution in [0.2, 0.25) is 6.04 Å². The lowest BCUT2D eigenvalue weighted by Crippen LogP contribution is -2.43. The molecule has 1 atom stereocenters. The molecule has 0 N–H and O–H groups in total. The zero-order valence-electron chi connectivity index (χ0n) is 11.6. The van der Waals surface area contributed by atoms with Gasteiger partial charge in [0.05, 0.1) is 0 Å². The van der Waals surface area contributed by atoms with Crippen LogP contribution in [0.3, 0.4) is 0 Å². The van der Waals surface area contributed by atoms with Crippen LogP contribution in [0, 0.1) is 0 Å². The summed E-state index contributed by atoms with van der Waals surface area (Å²) in [4.78, 5) is 2.10. The number of rotatable bonds is 9. The summed E-state index contributed by atoms with van der Waals surface area (Å²) in [7, 11) is 2.32. The third-order valence-electron chi connectivity index (χ3n) is 2.58. The van der Waals surface area contributed by atoms with E-state index >= 15 is 0 Å². The van der Waals surface area contributed by atoms with Gasteiger partial charge in [0.25, 0.3) is 0 Å². The first-order chi connectivity index (χ1) is 7.59. The van der Waals surface area contributed by atoms with Crippen molar-refractivity contribution in [1.82, 2.24) is 4.90 Å². The lowest BCUT2D eigenvalue weighted by Gasteiger charge is -2.25. The highest BCUT2D eigenvalue weighted by molar-refractivity contribution is 6.60. The molecule has 0 fully saturated rings. The molecule has 0 bridgehead atoms. The van der Waals surface area contributed by atoms with Crippen molar-refractivity contribution in [2.24, 2.45) is 0 Å². The molecule has 0 radical (unpaired) electrons. The van der Waals surface area contributed by atoms with E-state index < -0.39 is 8.80 Å². The Hall–Kier alpha value is 0.0569. The topological polar surface area (TPSA) is 30.9 Å². The van der Waals surface area contributed by atoms with Gasteiger partial charge in [0.15, 0.2) is 0 Å². The van der Waals surface area contributed by atoms with E-state index in [9.17, 15) is 0 Å². The summed E-state index contributed by atoms with van der Waals surface area (Å²) in [5, 5.41) is 0. The fraction of sp³-hybridized carbons (Fsp3) is 1.00.